The van der Waals surface area contributed by atoms with Crippen molar-refractivity contribution in [2.45, 2.75) is 32.8 Å². The summed E-state index contributed by atoms with van der Waals surface area (Å²) in [6.07, 6.45) is 0.291. The third-order valence-corrected chi connectivity index (χ3v) is 3.62. The minimum Gasteiger partial charge on any atom is -0.460 e. The fourth-order valence-corrected chi connectivity index (χ4v) is 2.82. The third kappa shape index (κ3) is 2.96. The molecule has 0 saturated carbocycles. The molecule has 3 aromatic carbocycles. The van der Waals surface area contributed by atoms with Gasteiger partial charge in [-0.25, -0.2) is 0 Å². The fraction of sp³-hybridized carbons (Fsp3) is 0.250. The van der Waals surface area contributed by atoms with Crippen LogP contribution < -0.4 is 0 Å². The Bertz CT molecular complexity index is 787. The number of ether oxygens (including phenoxy) is 1. The van der Waals surface area contributed by atoms with Crippen molar-refractivity contribution in [1.82, 2.24) is 0 Å². The van der Waals surface area contributed by atoms with Crippen LogP contribution in [0.25, 0.3) is 21.5 Å². The number of rotatable bonds is 2. The molecule has 0 saturated heterocycles. The van der Waals surface area contributed by atoms with E-state index >= 15 is 0 Å². The molecule has 0 atom stereocenters. The molecule has 0 aliphatic carbocycles. The highest BCUT2D eigenvalue weighted by atomic mass is 16.6. The first-order valence-corrected chi connectivity index (χ1v) is 7.55. The maximum atomic E-state index is 12.3. The lowest BCUT2D eigenvalue weighted by molar-refractivity contribution is -0.153. The zero-order valence-corrected chi connectivity index (χ0v) is 13.2. The lowest BCUT2D eigenvalue weighted by Gasteiger charge is -2.20. The quantitative estimate of drug-likeness (QED) is 0.497. The highest BCUT2D eigenvalue weighted by molar-refractivity contribution is 6.04. The van der Waals surface area contributed by atoms with E-state index in [1.54, 1.807) is 0 Å². The molecule has 0 bridgehead atoms. The van der Waals surface area contributed by atoms with Crippen LogP contribution in [0.2, 0.25) is 0 Å². The Morgan fingerprint density at radius 1 is 0.909 bits per heavy atom. The van der Waals surface area contributed by atoms with Gasteiger partial charge in [-0.1, -0.05) is 48.5 Å². The maximum Gasteiger partial charge on any atom is 0.310 e. The fourth-order valence-electron chi connectivity index (χ4n) is 2.82. The number of esters is 1. The summed E-state index contributed by atoms with van der Waals surface area (Å²) in [5.74, 6) is -0.186. The van der Waals surface area contributed by atoms with Crippen molar-refractivity contribution in [3.63, 3.8) is 0 Å². The van der Waals surface area contributed by atoms with E-state index < -0.39 is 5.60 Å². The monoisotopic (exact) mass is 292 g/mol. The Balaban J connectivity index is 2.14. The molecule has 2 heteroatoms. The third-order valence-electron chi connectivity index (χ3n) is 3.62. The van der Waals surface area contributed by atoms with Crippen LogP contribution in [0.4, 0.5) is 0 Å². The Morgan fingerprint density at radius 3 is 1.91 bits per heavy atom. The van der Waals surface area contributed by atoms with Crippen LogP contribution in [-0.2, 0) is 16.0 Å². The summed E-state index contributed by atoms with van der Waals surface area (Å²) in [7, 11) is 0. The molecule has 0 heterocycles. The summed E-state index contributed by atoms with van der Waals surface area (Å²) < 4.78 is 5.50. The first-order chi connectivity index (χ1) is 10.4. The van der Waals surface area contributed by atoms with Crippen LogP contribution in [0.5, 0.6) is 0 Å². The van der Waals surface area contributed by atoms with E-state index in [4.69, 9.17) is 4.74 Å². The molecule has 3 rings (SSSR count). The standard InChI is InChI=1S/C20H20O2/c1-20(2,3)22-19(21)13-18-16-10-6-4-8-14(16)12-15-9-5-7-11-17(15)18/h4-12H,13H2,1-3H3. The number of hydrogen-bond donors (Lipinski definition) is 0. The van der Waals surface area contributed by atoms with Crippen LogP contribution in [0.3, 0.4) is 0 Å². The first kappa shape index (κ1) is 14.6. The molecule has 112 valence electrons. The van der Waals surface area contributed by atoms with Gasteiger partial charge in [-0.05, 0) is 53.9 Å². The summed E-state index contributed by atoms with van der Waals surface area (Å²) in [4.78, 5) is 12.3. The molecule has 22 heavy (non-hydrogen) atoms. The second-order valence-electron chi connectivity index (χ2n) is 6.56. The van der Waals surface area contributed by atoms with Gasteiger partial charge in [-0.3, -0.25) is 4.79 Å². The smallest absolute Gasteiger partial charge is 0.310 e. The minimum absolute atomic E-state index is 0.186. The molecule has 0 aromatic heterocycles. The van der Waals surface area contributed by atoms with Gasteiger partial charge in [0.25, 0.3) is 0 Å². The molecule has 3 aromatic rings. The van der Waals surface area contributed by atoms with Crippen molar-refractivity contribution in [3.8, 4) is 0 Å². The van der Waals surface area contributed by atoms with Crippen LogP contribution >= 0.6 is 0 Å². The van der Waals surface area contributed by atoms with Crippen molar-refractivity contribution in [2.75, 3.05) is 0 Å². The second-order valence-corrected chi connectivity index (χ2v) is 6.56. The van der Waals surface area contributed by atoms with E-state index in [0.29, 0.717) is 6.42 Å². The van der Waals surface area contributed by atoms with Gasteiger partial charge in [0.15, 0.2) is 0 Å². The molecule has 0 aliphatic rings. The van der Waals surface area contributed by atoms with Crippen molar-refractivity contribution < 1.29 is 9.53 Å². The summed E-state index contributed by atoms with van der Waals surface area (Å²) in [5.41, 5.74) is 0.584. The average molecular weight is 292 g/mol. The summed E-state index contributed by atoms with van der Waals surface area (Å²) >= 11 is 0. The lowest BCUT2D eigenvalue weighted by atomic mass is 9.95. The lowest BCUT2D eigenvalue weighted by Crippen LogP contribution is -2.25. The molecule has 0 amide bonds. The molecule has 0 fully saturated rings. The van der Waals surface area contributed by atoms with E-state index in [1.807, 2.05) is 45.0 Å². The summed E-state index contributed by atoms with van der Waals surface area (Å²) in [6, 6.07) is 18.5. The van der Waals surface area contributed by atoms with Gasteiger partial charge in [0.05, 0.1) is 6.42 Å². The maximum absolute atomic E-state index is 12.3. The summed E-state index contributed by atoms with van der Waals surface area (Å²) in [5, 5.41) is 4.54. The number of benzene rings is 3. The normalized spacial score (nSPS) is 11.8. The second kappa shape index (κ2) is 5.45. The van der Waals surface area contributed by atoms with Gasteiger partial charge in [0.2, 0.25) is 0 Å². The molecule has 0 unspecified atom stereocenters. The van der Waals surface area contributed by atoms with Crippen LogP contribution in [-0.4, -0.2) is 11.6 Å². The predicted octanol–water partition coefficient (Wildman–Crippen LogP) is 4.88. The van der Waals surface area contributed by atoms with Crippen molar-refractivity contribution in [1.29, 1.82) is 0 Å². The van der Waals surface area contributed by atoms with Crippen molar-refractivity contribution >= 4 is 27.5 Å². The Hall–Kier alpha value is -2.35. The predicted molar refractivity (Wildman–Crippen MR) is 91.0 cm³/mol. The average Bonchev–Trinajstić information content (AvgIpc) is 2.45. The zero-order valence-electron chi connectivity index (χ0n) is 13.2. The Morgan fingerprint density at radius 2 is 1.41 bits per heavy atom. The van der Waals surface area contributed by atoms with Crippen molar-refractivity contribution in [2.24, 2.45) is 0 Å². The highest BCUT2D eigenvalue weighted by Gasteiger charge is 2.18. The Kier molecular flexibility index (Phi) is 3.61. The number of hydrogen-bond acceptors (Lipinski definition) is 2. The summed E-state index contributed by atoms with van der Waals surface area (Å²) in [6.45, 7) is 5.68. The molecule has 0 N–H and O–H groups in total. The molecule has 0 radical (unpaired) electrons. The first-order valence-electron chi connectivity index (χ1n) is 7.55. The molecule has 0 spiro atoms. The van der Waals surface area contributed by atoms with E-state index in [-0.39, 0.29) is 5.97 Å². The number of fused-ring (bicyclic) bond motifs is 2. The largest absolute Gasteiger partial charge is 0.460 e. The SMILES string of the molecule is CC(C)(C)OC(=O)Cc1c2ccccc2cc2ccccc12. The van der Waals surface area contributed by atoms with Gasteiger partial charge in [-0.15, -0.1) is 0 Å². The molecule has 2 nitrogen and oxygen atoms in total. The van der Waals surface area contributed by atoms with Gasteiger partial charge in [0, 0.05) is 0 Å². The zero-order chi connectivity index (χ0) is 15.7. The van der Waals surface area contributed by atoms with Gasteiger partial charge < -0.3 is 4.74 Å². The van der Waals surface area contributed by atoms with E-state index in [9.17, 15) is 4.79 Å². The van der Waals surface area contributed by atoms with Gasteiger partial charge in [-0.2, -0.15) is 0 Å². The van der Waals surface area contributed by atoms with E-state index in [2.05, 4.69) is 30.3 Å². The number of carbonyl (C=O) groups is 1. The Labute approximate surface area is 130 Å². The topological polar surface area (TPSA) is 26.3 Å². The van der Waals surface area contributed by atoms with E-state index in [0.717, 1.165) is 27.1 Å². The molecule has 0 aliphatic heterocycles. The van der Waals surface area contributed by atoms with Crippen LogP contribution in [0.15, 0.2) is 54.6 Å². The molecular weight excluding hydrogens is 272 g/mol. The number of carbonyl (C=O) groups excluding carboxylic acids is 1. The minimum atomic E-state index is -0.461. The van der Waals surface area contributed by atoms with Gasteiger partial charge in [0.1, 0.15) is 5.60 Å². The van der Waals surface area contributed by atoms with E-state index in [1.165, 1.54) is 0 Å². The van der Waals surface area contributed by atoms with Crippen LogP contribution in [0, 0.1) is 0 Å². The van der Waals surface area contributed by atoms with Gasteiger partial charge >= 0.3 is 5.97 Å². The molecular formula is C20H20O2. The highest BCUT2D eigenvalue weighted by Crippen LogP contribution is 2.29. The van der Waals surface area contributed by atoms with Crippen molar-refractivity contribution in [3.05, 3.63) is 60.2 Å². The van der Waals surface area contributed by atoms with Crippen LogP contribution in [0.1, 0.15) is 26.3 Å².